The third kappa shape index (κ3) is 3.78. The van der Waals surface area contributed by atoms with E-state index >= 15 is 0 Å². The van der Waals surface area contributed by atoms with Gasteiger partial charge in [-0.15, -0.1) is 6.58 Å². The lowest BCUT2D eigenvalue weighted by Gasteiger charge is -2.37. The van der Waals surface area contributed by atoms with Gasteiger partial charge in [0.15, 0.2) is 11.5 Å². The molecule has 0 aromatic heterocycles. The van der Waals surface area contributed by atoms with Gasteiger partial charge in [-0.25, -0.2) is 0 Å². The Balaban J connectivity index is 1.23. The van der Waals surface area contributed by atoms with Crippen molar-refractivity contribution >= 4 is 22.7 Å². The summed E-state index contributed by atoms with van der Waals surface area (Å²) in [5.74, 6) is 1.67. The molecule has 0 amide bonds. The number of fused-ring (bicyclic) bond motifs is 5. The molecule has 2 aliphatic rings. The lowest BCUT2D eigenvalue weighted by Crippen LogP contribution is -2.31. The molecule has 1 unspecified atom stereocenters. The van der Waals surface area contributed by atoms with Crippen LogP contribution in [0, 0.1) is 5.41 Å². The first-order valence-corrected chi connectivity index (χ1v) is 13.5. The van der Waals surface area contributed by atoms with Crippen LogP contribution < -0.4 is 9.64 Å². The summed E-state index contributed by atoms with van der Waals surface area (Å²) >= 11 is 0. The molecule has 5 aromatic carbocycles. The van der Waals surface area contributed by atoms with E-state index in [1.54, 1.807) is 0 Å². The Morgan fingerprint density at radius 2 is 1.32 bits per heavy atom. The van der Waals surface area contributed by atoms with Gasteiger partial charge in [0.25, 0.3) is 0 Å². The highest BCUT2D eigenvalue weighted by atomic mass is 16.5. The highest BCUT2D eigenvalue weighted by Gasteiger charge is 2.29. The Labute approximate surface area is 234 Å². The van der Waals surface area contributed by atoms with Crippen molar-refractivity contribution in [3.8, 4) is 33.8 Å². The standard InChI is InChI=1S/C37H28N2O/c1-3-27(39-32-18-6-8-20-34(32)40-35-21-9-7-19-33(35)39)22-24(2)25-12-10-13-26(23-25)28-16-11-17-30-29-14-4-5-15-31(29)37(38)36(28)30/h3-21,23,27,38H,1-2,22H2. The molecule has 40 heavy (non-hydrogen) atoms. The second-order valence-corrected chi connectivity index (χ2v) is 10.2. The Bertz CT molecular complexity index is 1790. The fraction of sp³-hybridized carbons (Fsp3) is 0.0541. The van der Waals surface area contributed by atoms with Crippen LogP contribution in [0.4, 0.5) is 11.4 Å². The van der Waals surface area contributed by atoms with Gasteiger partial charge in [-0.3, -0.25) is 5.41 Å². The summed E-state index contributed by atoms with van der Waals surface area (Å²) in [6.07, 6.45) is 2.69. The van der Waals surface area contributed by atoms with Crippen LogP contribution in [0.5, 0.6) is 11.5 Å². The van der Waals surface area contributed by atoms with Crippen molar-refractivity contribution in [2.24, 2.45) is 0 Å². The highest BCUT2D eigenvalue weighted by molar-refractivity contribution is 6.25. The van der Waals surface area contributed by atoms with Crippen LogP contribution in [-0.2, 0) is 0 Å². The zero-order chi connectivity index (χ0) is 27.2. The number of hydrogen-bond donors (Lipinski definition) is 1. The summed E-state index contributed by atoms with van der Waals surface area (Å²) in [7, 11) is 0. The Morgan fingerprint density at radius 3 is 2.05 bits per heavy atom. The molecule has 3 nitrogen and oxygen atoms in total. The van der Waals surface area contributed by atoms with Gasteiger partial charge in [-0.2, -0.15) is 0 Å². The number of rotatable bonds is 6. The second-order valence-electron chi connectivity index (χ2n) is 10.2. The zero-order valence-corrected chi connectivity index (χ0v) is 22.1. The summed E-state index contributed by atoms with van der Waals surface area (Å²) in [6, 6.07) is 39.3. The van der Waals surface area contributed by atoms with Crippen molar-refractivity contribution in [1.29, 1.82) is 5.41 Å². The molecule has 7 rings (SSSR count). The fourth-order valence-electron chi connectivity index (χ4n) is 6.00. The summed E-state index contributed by atoms with van der Waals surface area (Å²) < 4.78 is 6.21. The number of nitrogens with one attached hydrogen (secondary N) is 1. The van der Waals surface area contributed by atoms with Crippen molar-refractivity contribution < 1.29 is 4.74 Å². The maximum absolute atomic E-state index is 8.95. The smallest absolute Gasteiger partial charge is 0.151 e. The summed E-state index contributed by atoms with van der Waals surface area (Å²) in [4.78, 5) is 2.30. The lowest BCUT2D eigenvalue weighted by atomic mass is 9.91. The van der Waals surface area contributed by atoms with Crippen LogP contribution in [0.1, 0.15) is 23.1 Å². The number of para-hydroxylation sites is 4. The first-order chi connectivity index (χ1) is 19.6. The van der Waals surface area contributed by atoms with E-state index in [4.69, 9.17) is 10.1 Å². The van der Waals surface area contributed by atoms with Crippen molar-refractivity contribution in [3.63, 3.8) is 0 Å². The van der Waals surface area contributed by atoms with Crippen molar-refractivity contribution in [1.82, 2.24) is 0 Å². The van der Waals surface area contributed by atoms with E-state index in [2.05, 4.69) is 78.7 Å². The van der Waals surface area contributed by atoms with Crippen molar-refractivity contribution in [2.45, 2.75) is 12.5 Å². The average molecular weight is 517 g/mol. The van der Waals surface area contributed by atoms with E-state index in [0.29, 0.717) is 12.1 Å². The van der Waals surface area contributed by atoms with Gasteiger partial charge in [0.05, 0.1) is 23.1 Å². The summed E-state index contributed by atoms with van der Waals surface area (Å²) in [5.41, 5.74) is 11.1. The van der Waals surface area contributed by atoms with Gasteiger partial charge < -0.3 is 9.64 Å². The predicted molar refractivity (Wildman–Crippen MR) is 166 cm³/mol. The molecule has 0 saturated heterocycles. The van der Waals surface area contributed by atoms with Crippen molar-refractivity contribution in [3.05, 3.63) is 151 Å². The number of nitrogens with zero attached hydrogens (tertiary/aromatic N) is 1. The first kappa shape index (κ1) is 23.9. The molecule has 1 N–H and O–H groups in total. The maximum Gasteiger partial charge on any atom is 0.151 e. The molecule has 0 spiro atoms. The number of hydrogen-bond acceptors (Lipinski definition) is 3. The number of benzene rings is 5. The summed E-state index contributed by atoms with van der Waals surface area (Å²) in [6.45, 7) is 8.74. The van der Waals surface area contributed by atoms with Gasteiger partial charge in [0.1, 0.15) is 0 Å². The number of anilines is 2. The quantitative estimate of drug-likeness (QED) is 0.224. The summed E-state index contributed by atoms with van der Waals surface area (Å²) in [5, 5.41) is 8.95. The molecule has 3 heteroatoms. The topological polar surface area (TPSA) is 36.3 Å². The minimum absolute atomic E-state index is 0.0222. The Kier molecular flexibility index (Phi) is 5.71. The fourth-order valence-corrected chi connectivity index (χ4v) is 6.00. The maximum atomic E-state index is 8.95. The van der Waals surface area contributed by atoms with E-state index in [1.807, 2.05) is 60.7 Å². The van der Waals surface area contributed by atoms with Crippen LogP contribution in [0.3, 0.4) is 0 Å². The van der Waals surface area contributed by atoms with Gasteiger partial charge in [0.2, 0.25) is 0 Å². The third-order valence-electron chi connectivity index (χ3n) is 7.91. The lowest BCUT2D eigenvalue weighted by molar-refractivity contribution is 0.470. The van der Waals surface area contributed by atoms with Gasteiger partial charge in [-0.05, 0) is 70.1 Å². The van der Waals surface area contributed by atoms with Crippen LogP contribution in [0.2, 0.25) is 0 Å². The Morgan fingerprint density at radius 1 is 0.725 bits per heavy atom. The monoisotopic (exact) mass is 516 g/mol. The molecule has 0 bridgehead atoms. The zero-order valence-electron chi connectivity index (χ0n) is 22.1. The second kappa shape index (κ2) is 9.55. The Hall–Kier alpha value is -5.15. The first-order valence-electron chi connectivity index (χ1n) is 13.5. The molecule has 1 aliphatic carbocycles. The van der Waals surface area contributed by atoms with Crippen LogP contribution in [0.25, 0.3) is 27.8 Å². The predicted octanol–water partition coefficient (Wildman–Crippen LogP) is 9.65. The SMILES string of the molecule is C=CC(CC(=C)c1cccc(-c2cccc3c2C(=N)c2ccccc2-3)c1)N1c2ccccc2Oc2ccccc21. The van der Waals surface area contributed by atoms with Crippen LogP contribution in [-0.4, -0.2) is 11.8 Å². The minimum atomic E-state index is -0.0222. The molecule has 1 aliphatic heterocycles. The van der Waals surface area contributed by atoms with Gasteiger partial charge in [0, 0.05) is 11.1 Å². The molecule has 1 atom stereocenters. The van der Waals surface area contributed by atoms with E-state index in [0.717, 1.165) is 67.4 Å². The van der Waals surface area contributed by atoms with Crippen LogP contribution in [0.15, 0.2) is 134 Å². The van der Waals surface area contributed by atoms with Crippen molar-refractivity contribution in [2.75, 3.05) is 4.90 Å². The van der Waals surface area contributed by atoms with Crippen LogP contribution >= 0.6 is 0 Å². The normalized spacial score (nSPS) is 13.4. The molecule has 5 aromatic rings. The van der Waals surface area contributed by atoms with E-state index in [-0.39, 0.29) is 6.04 Å². The van der Waals surface area contributed by atoms with Gasteiger partial charge >= 0.3 is 0 Å². The molecule has 0 saturated carbocycles. The van der Waals surface area contributed by atoms with E-state index < -0.39 is 0 Å². The molecular weight excluding hydrogens is 488 g/mol. The van der Waals surface area contributed by atoms with E-state index in [9.17, 15) is 0 Å². The molecule has 0 fully saturated rings. The molecule has 0 radical (unpaired) electrons. The number of ether oxygens (including phenoxy) is 1. The largest absolute Gasteiger partial charge is 0.453 e. The van der Waals surface area contributed by atoms with Gasteiger partial charge in [-0.1, -0.05) is 97.6 Å². The molecular formula is C37H28N2O. The average Bonchev–Trinajstić information content (AvgIpc) is 3.30. The minimum Gasteiger partial charge on any atom is -0.453 e. The molecule has 192 valence electrons. The highest BCUT2D eigenvalue weighted by Crippen LogP contribution is 2.48. The molecule has 1 heterocycles. The van der Waals surface area contributed by atoms with E-state index in [1.165, 1.54) is 0 Å². The third-order valence-corrected chi connectivity index (χ3v) is 7.91.